The highest BCUT2D eigenvalue weighted by molar-refractivity contribution is 5.41. The van der Waals surface area contributed by atoms with Crippen molar-refractivity contribution in [3.63, 3.8) is 0 Å². The van der Waals surface area contributed by atoms with Crippen molar-refractivity contribution >= 4 is 5.82 Å². The summed E-state index contributed by atoms with van der Waals surface area (Å²) in [6, 6.07) is 10.0. The van der Waals surface area contributed by atoms with Crippen LogP contribution in [0, 0.1) is 0 Å². The fourth-order valence-corrected chi connectivity index (χ4v) is 1.67. The van der Waals surface area contributed by atoms with Crippen molar-refractivity contribution in [2.45, 2.75) is 6.42 Å². The molecule has 0 unspecified atom stereocenters. The van der Waals surface area contributed by atoms with Crippen LogP contribution < -0.4 is 5.73 Å². The van der Waals surface area contributed by atoms with Gasteiger partial charge in [0.15, 0.2) is 0 Å². The van der Waals surface area contributed by atoms with Crippen LogP contribution in [0.3, 0.4) is 0 Å². The van der Waals surface area contributed by atoms with Gasteiger partial charge in [-0.1, -0.05) is 18.2 Å². The van der Waals surface area contributed by atoms with Crippen molar-refractivity contribution in [3.8, 4) is 5.69 Å². The molecule has 4 heteroatoms. The van der Waals surface area contributed by atoms with E-state index in [0.29, 0.717) is 5.82 Å². The number of nitrogens with zero attached hydrogens (tertiary/aromatic N) is 3. The number of hydrogen-bond acceptors (Lipinski definition) is 3. The van der Waals surface area contributed by atoms with E-state index < -0.39 is 0 Å². The van der Waals surface area contributed by atoms with E-state index in [4.69, 9.17) is 5.73 Å². The molecular weight excluding hydrogens is 212 g/mol. The highest BCUT2D eigenvalue weighted by Gasteiger charge is 2.06. The Kier molecular flexibility index (Phi) is 3.44. The maximum Gasteiger partial charge on any atom is 0.149 e. The second-order valence-corrected chi connectivity index (χ2v) is 4.37. The molecule has 0 saturated carbocycles. The number of rotatable bonds is 4. The molecule has 0 radical (unpaired) electrons. The number of benzene rings is 1. The molecular formula is C13H18N4. The largest absolute Gasteiger partial charge is 0.382 e. The van der Waals surface area contributed by atoms with Crippen LogP contribution in [0.2, 0.25) is 0 Å². The Labute approximate surface area is 102 Å². The molecule has 0 aliphatic rings. The third-order valence-corrected chi connectivity index (χ3v) is 2.67. The topological polar surface area (TPSA) is 47.1 Å². The van der Waals surface area contributed by atoms with Crippen molar-refractivity contribution in [2.75, 3.05) is 26.4 Å². The first kappa shape index (κ1) is 11.7. The first-order valence-electron chi connectivity index (χ1n) is 5.71. The average Bonchev–Trinajstić information content (AvgIpc) is 2.69. The summed E-state index contributed by atoms with van der Waals surface area (Å²) in [5.41, 5.74) is 8.05. The van der Waals surface area contributed by atoms with Gasteiger partial charge >= 0.3 is 0 Å². The van der Waals surface area contributed by atoms with Gasteiger partial charge in [-0.25, -0.2) is 4.68 Å². The lowest BCUT2D eigenvalue weighted by Crippen LogP contribution is -2.15. The van der Waals surface area contributed by atoms with Gasteiger partial charge in [0.1, 0.15) is 5.82 Å². The molecule has 0 aliphatic carbocycles. The number of likely N-dealkylation sites (N-methyl/N-ethyl adjacent to an activating group) is 1. The Morgan fingerprint density at radius 1 is 1.24 bits per heavy atom. The van der Waals surface area contributed by atoms with Crippen LogP contribution >= 0.6 is 0 Å². The summed E-state index contributed by atoms with van der Waals surface area (Å²) >= 11 is 0. The summed E-state index contributed by atoms with van der Waals surface area (Å²) in [5.74, 6) is 0.621. The predicted molar refractivity (Wildman–Crippen MR) is 70.2 cm³/mol. The van der Waals surface area contributed by atoms with Crippen LogP contribution in [0.4, 0.5) is 5.82 Å². The zero-order valence-corrected chi connectivity index (χ0v) is 10.3. The van der Waals surface area contributed by atoms with Gasteiger partial charge in [-0.05, 0) is 32.6 Å². The zero-order chi connectivity index (χ0) is 12.3. The second kappa shape index (κ2) is 5.01. The molecule has 2 aromatic rings. The number of hydrogen-bond donors (Lipinski definition) is 1. The quantitative estimate of drug-likeness (QED) is 0.867. The third-order valence-electron chi connectivity index (χ3n) is 2.67. The minimum Gasteiger partial charge on any atom is -0.382 e. The van der Waals surface area contributed by atoms with Crippen molar-refractivity contribution in [1.29, 1.82) is 0 Å². The highest BCUT2D eigenvalue weighted by Crippen LogP contribution is 2.14. The van der Waals surface area contributed by atoms with Crippen LogP contribution in [-0.2, 0) is 6.42 Å². The average molecular weight is 230 g/mol. The molecule has 0 aliphatic heterocycles. The van der Waals surface area contributed by atoms with Crippen molar-refractivity contribution in [1.82, 2.24) is 14.7 Å². The predicted octanol–water partition coefficient (Wildman–Crippen LogP) is 1.56. The molecule has 2 rings (SSSR count). The van der Waals surface area contributed by atoms with Crippen LogP contribution in [0.15, 0.2) is 36.5 Å². The van der Waals surface area contributed by atoms with Crippen LogP contribution in [0.5, 0.6) is 0 Å². The SMILES string of the molecule is CN(C)CCc1cn(-c2ccccc2)nc1N. The Hall–Kier alpha value is -1.81. The minimum atomic E-state index is 0.621. The van der Waals surface area contributed by atoms with Gasteiger partial charge in [-0.2, -0.15) is 5.10 Å². The van der Waals surface area contributed by atoms with Gasteiger partial charge in [0.25, 0.3) is 0 Å². The summed E-state index contributed by atoms with van der Waals surface area (Å²) in [6.07, 6.45) is 2.93. The zero-order valence-electron chi connectivity index (χ0n) is 10.3. The van der Waals surface area contributed by atoms with Crippen LogP contribution in [-0.4, -0.2) is 35.3 Å². The smallest absolute Gasteiger partial charge is 0.149 e. The number of anilines is 1. The molecule has 4 nitrogen and oxygen atoms in total. The number of para-hydroxylation sites is 1. The molecule has 0 bridgehead atoms. The lowest BCUT2D eigenvalue weighted by molar-refractivity contribution is 0.414. The molecule has 1 aromatic carbocycles. The number of nitrogens with two attached hydrogens (primary N) is 1. The van der Waals surface area contributed by atoms with Gasteiger partial charge in [0.05, 0.1) is 5.69 Å². The van der Waals surface area contributed by atoms with E-state index in [1.165, 1.54) is 0 Å². The minimum absolute atomic E-state index is 0.621. The Morgan fingerprint density at radius 2 is 1.94 bits per heavy atom. The maximum atomic E-state index is 5.91. The molecule has 1 aromatic heterocycles. The van der Waals surface area contributed by atoms with E-state index in [9.17, 15) is 0 Å². The summed E-state index contributed by atoms with van der Waals surface area (Å²) in [5, 5.41) is 4.33. The first-order chi connectivity index (χ1) is 8.16. The molecule has 0 atom stereocenters. The first-order valence-corrected chi connectivity index (χ1v) is 5.71. The standard InChI is InChI=1S/C13H18N4/c1-16(2)9-8-11-10-17(15-13(11)14)12-6-4-3-5-7-12/h3-7,10H,8-9H2,1-2H3,(H2,14,15). The van der Waals surface area contributed by atoms with Gasteiger partial charge in [-0.3, -0.25) is 0 Å². The molecule has 0 spiro atoms. The summed E-state index contributed by atoms with van der Waals surface area (Å²) in [7, 11) is 4.11. The molecule has 0 saturated heterocycles. The summed E-state index contributed by atoms with van der Waals surface area (Å²) < 4.78 is 1.83. The fraction of sp³-hybridized carbons (Fsp3) is 0.308. The monoisotopic (exact) mass is 230 g/mol. The van der Waals surface area contributed by atoms with E-state index in [-0.39, 0.29) is 0 Å². The molecule has 1 heterocycles. The Bertz CT molecular complexity index is 473. The van der Waals surface area contributed by atoms with Crippen LogP contribution in [0.1, 0.15) is 5.56 Å². The third kappa shape index (κ3) is 2.85. The van der Waals surface area contributed by atoms with Gasteiger partial charge in [0, 0.05) is 18.3 Å². The molecule has 2 N–H and O–H groups in total. The maximum absolute atomic E-state index is 5.91. The fourth-order valence-electron chi connectivity index (χ4n) is 1.67. The van der Waals surface area contributed by atoms with Crippen molar-refractivity contribution in [3.05, 3.63) is 42.1 Å². The number of aromatic nitrogens is 2. The van der Waals surface area contributed by atoms with Gasteiger partial charge in [0.2, 0.25) is 0 Å². The highest BCUT2D eigenvalue weighted by atomic mass is 15.3. The normalized spacial score (nSPS) is 11.0. The van der Waals surface area contributed by atoms with Gasteiger partial charge < -0.3 is 10.6 Å². The van der Waals surface area contributed by atoms with Gasteiger partial charge in [-0.15, -0.1) is 0 Å². The molecule has 17 heavy (non-hydrogen) atoms. The van der Waals surface area contributed by atoms with E-state index in [0.717, 1.165) is 24.2 Å². The molecule has 0 amide bonds. The van der Waals surface area contributed by atoms with E-state index in [2.05, 4.69) is 24.1 Å². The summed E-state index contributed by atoms with van der Waals surface area (Å²) in [6.45, 7) is 0.977. The van der Waals surface area contributed by atoms with Crippen molar-refractivity contribution in [2.24, 2.45) is 0 Å². The van der Waals surface area contributed by atoms with E-state index in [1.54, 1.807) is 0 Å². The Morgan fingerprint density at radius 3 is 2.59 bits per heavy atom. The van der Waals surface area contributed by atoms with E-state index >= 15 is 0 Å². The second-order valence-electron chi connectivity index (χ2n) is 4.37. The molecule has 0 fully saturated rings. The Balaban J connectivity index is 2.19. The number of nitrogen functional groups attached to an aromatic ring is 1. The summed E-state index contributed by atoms with van der Waals surface area (Å²) in [4.78, 5) is 2.14. The lowest BCUT2D eigenvalue weighted by Gasteiger charge is -2.07. The molecule has 90 valence electrons. The van der Waals surface area contributed by atoms with E-state index in [1.807, 2.05) is 41.2 Å². The van der Waals surface area contributed by atoms with Crippen molar-refractivity contribution < 1.29 is 0 Å². The lowest BCUT2D eigenvalue weighted by atomic mass is 10.2. The van der Waals surface area contributed by atoms with Crippen LogP contribution in [0.25, 0.3) is 5.69 Å².